The standard InChI is InChI=1S/C24H22Cl3N3O2/c1-32-20-4-2-3-19(14-20)28-24(31)29-11-12-30(22-10-9-18(26)13-21(22)27)23(15-29)16-5-7-17(25)8-6-16/h2-10,13-14,23H,11-12,15H2,1H3,(H,28,31). The number of nitrogens with zero attached hydrogens (tertiary/aromatic N) is 2. The molecule has 166 valence electrons. The van der Waals surface area contributed by atoms with Gasteiger partial charge in [0.25, 0.3) is 0 Å². The molecule has 0 aromatic heterocycles. The minimum Gasteiger partial charge on any atom is -0.497 e. The number of carbonyl (C=O) groups is 1. The quantitative estimate of drug-likeness (QED) is 0.440. The SMILES string of the molecule is COc1cccc(NC(=O)N2CCN(c3ccc(Cl)cc3Cl)C(c3ccc(Cl)cc3)C2)c1. The van der Waals surface area contributed by atoms with E-state index in [0.29, 0.717) is 46.1 Å². The molecule has 3 aromatic carbocycles. The van der Waals surface area contributed by atoms with Crippen molar-refractivity contribution in [1.29, 1.82) is 0 Å². The predicted octanol–water partition coefficient (Wildman–Crippen LogP) is 6.75. The van der Waals surface area contributed by atoms with Crippen LogP contribution in [-0.2, 0) is 0 Å². The lowest BCUT2D eigenvalue weighted by Crippen LogP contribution is -2.51. The van der Waals surface area contributed by atoms with E-state index in [9.17, 15) is 4.79 Å². The van der Waals surface area contributed by atoms with Crippen LogP contribution in [0.2, 0.25) is 15.1 Å². The number of halogens is 3. The number of anilines is 2. The summed E-state index contributed by atoms with van der Waals surface area (Å²) < 4.78 is 5.24. The number of hydrogen-bond acceptors (Lipinski definition) is 3. The van der Waals surface area contributed by atoms with Gasteiger partial charge in [-0.3, -0.25) is 0 Å². The van der Waals surface area contributed by atoms with Crippen molar-refractivity contribution in [2.24, 2.45) is 0 Å². The number of ether oxygens (including phenoxy) is 1. The Hall–Kier alpha value is -2.60. The van der Waals surface area contributed by atoms with Crippen LogP contribution in [0.3, 0.4) is 0 Å². The molecule has 2 amide bonds. The molecule has 1 fully saturated rings. The van der Waals surface area contributed by atoms with Gasteiger partial charge in [-0.05, 0) is 48.0 Å². The van der Waals surface area contributed by atoms with Crippen LogP contribution in [0.15, 0.2) is 66.7 Å². The maximum Gasteiger partial charge on any atom is 0.321 e. The van der Waals surface area contributed by atoms with Crippen molar-refractivity contribution >= 4 is 52.2 Å². The summed E-state index contributed by atoms with van der Waals surface area (Å²) in [7, 11) is 1.60. The minimum atomic E-state index is -0.168. The molecule has 1 heterocycles. The van der Waals surface area contributed by atoms with Gasteiger partial charge >= 0.3 is 6.03 Å². The number of rotatable bonds is 4. The van der Waals surface area contributed by atoms with Gasteiger partial charge in [-0.25, -0.2) is 4.79 Å². The summed E-state index contributed by atoms with van der Waals surface area (Å²) in [6, 6.07) is 20.2. The molecule has 8 heteroatoms. The Labute approximate surface area is 202 Å². The lowest BCUT2D eigenvalue weighted by atomic mass is 10.0. The molecule has 5 nitrogen and oxygen atoms in total. The van der Waals surface area contributed by atoms with Crippen LogP contribution in [0, 0.1) is 0 Å². The Bertz CT molecular complexity index is 1110. The third-order valence-electron chi connectivity index (χ3n) is 5.46. The van der Waals surface area contributed by atoms with Crippen molar-refractivity contribution in [3.8, 4) is 5.75 Å². The van der Waals surface area contributed by atoms with Crippen molar-refractivity contribution in [1.82, 2.24) is 4.90 Å². The Morgan fingerprint density at radius 2 is 1.72 bits per heavy atom. The molecule has 1 atom stereocenters. The summed E-state index contributed by atoms with van der Waals surface area (Å²) in [6.45, 7) is 1.63. The largest absolute Gasteiger partial charge is 0.497 e. The molecule has 0 radical (unpaired) electrons. The fourth-order valence-corrected chi connectivity index (χ4v) is 4.49. The van der Waals surface area contributed by atoms with E-state index in [4.69, 9.17) is 39.5 Å². The smallest absolute Gasteiger partial charge is 0.321 e. The number of amides is 2. The van der Waals surface area contributed by atoms with Gasteiger partial charge < -0.3 is 19.9 Å². The number of urea groups is 1. The summed E-state index contributed by atoms with van der Waals surface area (Å²) in [5, 5.41) is 4.78. The second-order valence-electron chi connectivity index (χ2n) is 7.46. The summed E-state index contributed by atoms with van der Waals surface area (Å²) in [5.74, 6) is 0.684. The highest BCUT2D eigenvalue weighted by atomic mass is 35.5. The van der Waals surface area contributed by atoms with Gasteiger partial charge in [0, 0.05) is 41.4 Å². The van der Waals surface area contributed by atoms with Crippen molar-refractivity contribution in [2.75, 3.05) is 37.0 Å². The van der Waals surface area contributed by atoms with Gasteiger partial charge in [-0.1, -0.05) is 53.0 Å². The molecule has 1 unspecified atom stereocenters. The van der Waals surface area contributed by atoms with Crippen LogP contribution in [0.4, 0.5) is 16.2 Å². The molecule has 1 aliphatic rings. The minimum absolute atomic E-state index is 0.101. The highest BCUT2D eigenvalue weighted by molar-refractivity contribution is 6.36. The molecule has 0 bridgehead atoms. The van der Waals surface area contributed by atoms with Crippen LogP contribution in [0.5, 0.6) is 5.75 Å². The molecule has 3 aromatic rings. The lowest BCUT2D eigenvalue weighted by molar-refractivity contribution is 0.198. The molecule has 1 aliphatic heterocycles. The molecule has 0 aliphatic carbocycles. The number of nitrogens with one attached hydrogen (secondary N) is 1. The molecular formula is C24H22Cl3N3O2. The zero-order chi connectivity index (χ0) is 22.7. The number of piperazine rings is 1. The maximum atomic E-state index is 13.0. The van der Waals surface area contributed by atoms with E-state index in [2.05, 4.69) is 10.2 Å². The lowest BCUT2D eigenvalue weighted by Gasteiger charge is -2.43. The summed E-state index contributed by atoms with van der Waals surface area (Å²) in [6.07, 6.45) is 0. The van der Waals surface area contributed by atoms with E-state index < -0.39 is 0 Å². The molecule has 0 saturated carbocycles. The van der Waals surface area contributed by atoms with Crippen LogP contribution >= 0.6 is 34.8 Å². The molecular weight excluding hydrogens is 469 g/mol. The van der Waals surface area contributed by atoms with E-state index >= 15 is 0 Å². The summed E-state index contributed by atoms with van der Waals surface area (Å²) in [5.41, 5.74) is 2.60. The van der Waals surface area contributed by atoms with Crippen LogP contribution in [0.25, 0.3) is 0 Å². The zero-order valence-electron chi connectivity index (χ0n) is 17.4. The van der Waals surface area contributed by atoms with E-state index in [-0.39, 0.29) is 12.1 Å². The van der Waals surface area contributed by atoms with Gasteiger partial charge in [-0.15, -0.1) is 0 Å². The van der Waals surface area contributed by atoms with Gasteiger partial charge in [0.2, 0.25) is 0 Å². The number of methoxy groups -OCH3 is 1. The predicted molar refractivity (Wildman–Crippen MR) is 132 cm³/mol. The van der Waals surface area contributed by atoms with Crippen LogP contribution in [0.1, 0.15) is 11.6 Å². The van der Waals surface area contributed by atoms with E-state index in [1.54, 1.807) is 24.1 Å². The Morgan fingerprint density at radius 1 is 0.969 bits per heavy atom. The second kappa shape index (κ2) is 9.90. The van der Waals surface area contributed by atoms with Crippen LogP contribution in [-0.4, -0.2) is 37.7 Å². The van der Waals surface area contributed by atoms with Gasteiger partial charge in [-0.2, -0.15) is 0 Å². The van der Waals surface area contributed by atoms with Crippen molar-refractivity contribution in [3.63, 3.8) is 0 Å². The fraction of sp³-hybridized carbons (Fsp3) is 0.208. The summed E-state index contributed by atoms with van der Waals surface area (Å²) >= 11 is 18.7. The monoisotopic (exact) mass is 489 g/mol. The molecule has 1 saturated heterocycles. The van der Waals surface area contributed by atoms with Gasteiger partial charge in [0.15, 0.2) is 0 Å². The molecule has 32 heavy (non-hydrogen) atoms. The highest BCUT2D eigenvalue weighted by Gasteiger charge is 2.32. The molecule has 4 rings (SSSR count). The second-order valence-corrected chi connectivity index (χ2v) is 8.74. The van der Waals surface area contributed by atoms with Crippen molar-refractivity contribution in [3.05, 3.63) is 87.4 Å². The zero-order valence-corrected chi connectivity index (χ0v) is 19.7. The van der Waals surface area contributed by atoms with Crippen LogP contribution < -0.4 is 15.0 Å². The first-order valence-electron chi connectivity index (χ1n) is 10.1. The average molecular weight is 491 g/mol. The van der Waals surface area contributed by atoms with E-state index in [1.165, 1.54) is 0 Å². The third kappa shape index (κ3) is 5.07. The average Bonchev–Trinajstić information content (AvgIpc) is 2.79. The fourth-order valence-electron chi connectivity index (χ4n) is 3.84. The van der Waals surface area contributed by atoms with Gasteiger partial charge in [0.05, 0.1) is 23.9 Å². The topological polar surface area (TPSA) is 44.8 Å². The molecule has 1 N–H and O–H groups in total. The number of benzene rings is 3. The first-order valence-corrected chi connectivity index (χ1v) is 11.2. The maximum absolute atomic E-state index is 13.0. The van der Waals surface area contributed by atoms with E-state index in [1.807, 2.05) is 54.6 Å². The molecule has 0 spiro atoms. The summed E-state index contributed by atoms with van der Waals surface area (Å²) in [4.78, 5) is 17.1. The van der Waals surface area contributed by atoms with Crippen molar-refractivity contribution in [2.45, 2.75) is 6.04 Å². The Balaban J connectivity index is 1.59. The third-order valence-corrected chi connectivity index (χ3v) is 6.25. The van der Waals surface area contributed by atoms with Crippen molar-refractivity contribution < 1.29 is 9.53 Å². The first-order chi connectivity index (χ1) is 15.4. The highest BCUT2D eigenvalue weighted by Crippen LogP contribution is 2.37. The normalized spacial score (nSPS) is 16.1. The number of carbonyl (C=O) groups excluding carboxylic acids is 1. The van der Waals surface area contributed by atoms with Gasteiger partial charge in [0.1, 0.15) is 5.75 Å². The number of hydrogen-bond donors (Lipinski definition) is 1. The first kappa shape index (κ1) is 22.6. The Kier molecular flexibility index (Phi) is 6.99. The van der Waals surface area contributed by atoms with E-state index in [0.717, 1.165) is 11.3 Å². The Morgan fingerprint density at radius 3 is 2.44 bits per heavy atom.